The van der Waals surface area contributed by atoms with E-state index in [0.717, 1.165) is 5.56 Å². The summed E-state index contributed by atoms with van der Waals surface area (Å²) in [6.07, 6.45) is 0. The number of carbonyl (C=O) groups is 2. The van der Waals surface area contributed by atoms with E-state index < -0.39 is 0 Å². The van der Waals surface area contributed by atoms with Gasteiger partial charge in [0.1, 0.15) is 5.75 Å². The Bertz CT molecular complexity index is 713. The number of hydrogen-bond donors (Lipinski definition) is 1. The van der Waals surface area contributed by atoms with Crippen LogP contribution in [0.5, 0.6) is 5.75 Å². The molecule has 1 aliphatic heterocycles. The molecule has 0 unspecified atom stereocenters. The molecule has 0 radical (unpaired) electrons. The molecule has 0 spiro atoms. The minimum atomic E-state index is -0.231. The van der Waals surface area contributed by atoms with Crippen LogP contribution < -0.4 is 15.4 Å². The molecule has 0 aliphatic carbocycles. The number of hydrogen-bond acceptors (Lipinski definition) is 4. The predicted octanol–water partition coefficient (Wildman–Crippen LogP) is 1.75. The Morgan fingerprint density at radius 1 is 1.18 bits per heavy atom. The molecule has 0 bridgehead atoms. The van der Waals surface area contributed by atoms with Crippen molar-refractivity contribution in [3.63, 3.8) is 0 Å². The minimum absolute atomic E-state index is 0.00671. The van der Waals surface area contributed by atoms with E-state index in [9.17, 15) is 9.59 Å². The van der Waals surface area contributed by atoms with Gasteiger partial charge in [0.25, 0.3) is 5.91 Å². The molecular weight excluding hydrogens is 280 g/mol. The first kappa shape index (κ1) is 14.3. The summed E-state index contributed by atoms with van der Waals surface area (Å²) in [5.41, 5.74) is 7.71. The van der Waals surface area contributed by atoms with Crippen molar-refractivity contribution in [2.75, 3.05) is 18.1 Å². The maximum Gasteiger partial charge on any atom is 0.265 e. The van der Waals surface area contributed by atoms with Gasteiger partial charge in [-0.15, -0.1) is 0 Å². The third-order valence-corrected chi connectivity index (χ3v) is 3.60. The van der Waals surface area contributed by atoms with E-state index >= 15 is 0 Å². The lowest BCUT2D eigenvalue weighted by Crippen LogP contribution is -2.42. The van der Waals surface area contributed by atoms with Crippen LogP contribution in [0.3, 0.4) is 0 Å². The van der Waals surface area contributed by atoms with Crippen LogP contribution in [0.15, 0.2) is 48.5 Å². The highest BCUT2D eigenvalue weighted by Crippen LogP contribution is 2.33. The van der Waals surface area contributed by atoms with Gasteiger partial charge in [-0.25, -0.2) is 0 Å². The summed E-state index contributed by atoms with van der Waals surface area (Å²) < 4.78 is 5.41. The summed E-state index contributed by atoms with van der Waals surface area (Å²) in [7, 11) is 0. The Labute approximate surface area is 128 Å². The number of ketones is 1. The van der Waals surface area contributed by atoms with Gasteiger partial charge >= 0.3 is 0 Å². The van der Waals surface area contributed by atoms with Crippen LogP contribution in [-0.4, -0.2) is 24.8 Å². The fraction of sp³-hybridized carbons (Fsp3) is 0.176. The number of fused-ring (bicyclic) bond motifs is 1. The first-order chi connectivity index (χ1) is 10.7. The van der Waals surface area contributed by atoms with Gasteiger partial charge in [0.2, 0.25) is 0 Å². The normalized spacial score (nSPS) is 13.5. The summed E-state index contributed by atoms with van der Waals surface area (Å²) in [4.78, 5) is 26.0. The first-order valence-electron chi connectivity index (χ1n) is 7.03. The molecule has 3 rings (SSSR count). The predicted molar refractivity (Wildman–Crippen MR) is 83.0 cm³/mol. The van der Waals surface area contributed by atoms with Crippen molar-refractivity contribution in [3.05, 3.63) is 59.7 Å². The standard InChI is InChI=1S/C17H16N2O3/c18-9-12-6-7-16-14(8-12)19(17(21)11-22-16)10-15(20)13-4-2-1-3-5-13/h1-8H,9-11,18H2. The molecule has 0 saturated carbocycles. The molecule has 1 aliphatic rings. The topological polar surface area (TPSA) is 72.6 Å². The van der Waals surface area contributed by atoms with E-state index in [4.69, 9.17) is 10.5 Å². The largest absolute Gasteiger partial charge is 0.482 e. The zero-order chi connectivity index (χ0) is 15.5. The molecule has 22 heavy (non-hydrogen) atoms. The molecule has 0 atom stereocenters. The summed E-state index contributed by atoms with van der Waals surface area (Å²) in [5, 5.41) is 0. The highest BCUT2D eigenvalue weighted by atomic mass is 16.5. The van der Waals surface area contributed by atoms with Gasteiger partial charge in [0.15, 0.2) is 12.4 Å². The van der Waals surface area contributed by atoms with Gasteiger partial charge in [-0.1, -0.05) is 36.4 Å². The van der Waals surface area contributed by atoms with Crippen molar-refractivity contribution in [3.8, 4) is 5.75 Å². The molecule has 112 valence electrons. The lowest BCUT2D eigenvalue weighted by molar-refractivity contribution is -0.121. The van der Waals surface area contributed by atoms with Gasteiger partial charge < -0.3 is 10.5 Å². The van der Waals surface area contributed by atoms with E-state index in [1.54, 1.807) is 36.4 Å². The van der Waals surface area contributed by atoms with Crippen LogP contribution >= 0.6 is 0 Å². The number of carbonyl (C=O) groups excluding carboxylic acids is 2. The van der Waals surface area contributed by atoms with Crippen LogP contribution in [0.2, 0.25) is 0 Å². The Morgan fingerprint density at radius 2 is 1.95 bits per heavy atom. The molecule has 1 heterocycles. The Morgan fingerprint density at radius 3 is 2.68 bits per heavy atom. The van der Waals surface area contributed by atoms with Crippen LogP contribution in [-0.2, 0) is 11.3 Å². The maximum atomic E-state index is 12.4. The fourth-order valence-electron chi connectivity index (χ4n) is 2.41. The number of nitrogens with two attached hydrogens (primary N) is 1. The van der Waals surface area contributed by atoms with Crippen LogP contribution in [0.25, 0.3) is 0 Å². The minimum Gasteiger partial charge on any atom is -0.482 e. The number of amides is 1. The molecular formula is C17H16N2O3. The van der Waals surface area contributed by atoms with Gasteiger partial charge in [0, 0.05) is 12.1 Å². The number of benzene rings is 2. The van der Waals surface area contributed by atoms with E-state index in [1.807, 2.05) is 12.1 Å². The highest BCUT2D eigenvalue weighted by molar-refractivity contribution is 6.07. The van der Waals surface area contributed by atoms with Gasteiger partial charge in [-0.05, 0) is 17.7 Å². The Balaban J connectivity index is 1.90. The number of Topliss-reactive ketones (excluding diaryl/α,β-unsaturated/α-hetero) is 1. The lowest BCUT2D eigenvalue weighted by atomic mass is 10.1. The molecule has 2 aromatic carbocycles. The molecule has 2 N–H and O–H groups in total. The summed E-state index contributed by atoms with van der Waals surface area (Å²) in [6, 6.07) is 14.4. The van der Waals surface area contributed by atoms with Crippen LogP contribution in [0, 0.1) is 0 Å². The van der Waals surface area contributed by atoms with Gasteiger partial charge in [0.05, 0.1) is 12.2 Å². The second kappa shape index (κ2) is 5.99. The monoisotopic (exact) mass is 296 g/mol. The summed E-state index contributed by atoms with van der Waals surface area (Å²) in [5.74, 6) is 0.253. The molecule has 0 aromatic heterocycles. The average molecular weight is 296 g/mol. The quantitative estimate of drug-likeness (QED) is 0.872. The number of nitrogens with zero attached hydrogens (tertiary/aromatic N) is 1. The maximum absolute atomic E-state index is 12.4. The van der Waals surface area contributed by atoms with E-state index in [2.05, 4.69) is 0 Å². The smallest absolute Gasteiger partial charge is 0.265 e. The van der Waals surface area contributed by atoms with Crippen LogP contribution in [0.1, 0.15) is 15.9 Å². The molecule has 0 saturated heterocycles. The van der Waals surface area contributed by atoms with Gasteiger partial charge in [-0.3, -0.25) is 14.5 Å². The zero-order valence-electron chi connectivity index (χ0n) is 12.0. The first-order valence-corrected chi connectivity index (χ1v) is 7.03. The average Bonchev–Trinajstić information content (AvgIpc) is 2.57. The number of rotatable bonds is 4. The summed E-state index contributed by atoms with van der Waals surface area (Å²) in [6.45, 7) is 0.298. The number of ether oxygens (including phenoxy) is 1. The third kappa shape index (κ3) is 2.71. The fourth-order valence-corrected chi connectivity index (χ4v) is 2.41. The zero-order valence-corrected chi connectivity index (χ0v) is 12.0. The van der Waals surface area contributed by atoms with Crippen LogP contribution in [0.4, 0.5) is 5.69 Å². The SMILES string of the molecule is NCc1ccc2c(c1)N(CC(=O)c1ccccc1)C(=O)CO2. The second-order valence-electron chi connectivity index (χ2n) is 5.06. The number of anilines is 1. The lowest BCUT2D eigenvalue weighted by Gasteiger charge is -2.29. The molecule has 2 aromatic rings. The molecule has 5 heteroatoms. The molecule has 0 fully saturated rings. The van der Waals surface area contributed by atoms with Gasteiger partial charge in [-0.2, -0.15) is 0 Å². The van der Waals surface area contributed by atoms with Crippen molar-refractivity contribution in [1.29, 1.82) is 0 Å². The van der Waals surface area contributed by atoms with E-state index in [-0.39, 0.29) is 24.8 Å². The summed E-state index contributed by atoms with van der Waals surface area (Å²) >= 11 is 0. The van der Waals surface area contributed by atoms with Crippen molar-refractivity contribution >= 4 is 17.4 Å². The van der Waals surface area contributed by atoms with Crippen molar-refractivity contribution in [2.24, 2.45) is 5.73 Å². The Kier molecular flexibility index (Phi) is 3.89. The second-order valence-corrected chi connectivity index (χ2v) is 5.06. The molecule has 5 nitrogen and oxygen atoms in total. The highest BCUT2D eigenvalue weighted by Gasteiger charge is 2.27. The third-order valence-electron chi connectivity index (χ3n) is 3.60. The Hall–Kier alpha value is -2.66. The molecule has 1 amide bonds. The van der Waals surface area contributed by atoms with Crippen molar-refractivity contribution < 1.29 is 14.3 Å². The van der Waals surface area contributed by atoms with Crippen molar-refractivity contribution in [1.82, 2.24) is 0 Å². The van der Waals surface area contributed by atoms with E-state index in [1.165, 1.54) is 4.90 Å². The van der Waals surface area contributed by atoms with Crippen molar-refractivity contribution in [2.45, 2.75) is 6.54 Å². The van der Waals surface area contributed by atoms with E-state index in [0.29, 0.717) is 23.5 Å².